The van der Waals surface area contributed by atoms with Crippen LogP contribution in [0.25, 0.3) is 11.0 Å². The fourth-order valence-corrected chi connectivity index (χ4v) is 3.37. The van der Waals surface area contributed by atoms with Gasteiger partial charge in [0.05, 0.1) is 16.8 Å². The number of aryl methyl sites for hydroxylation is 2. The summed E-state index contributed by atoms with van der Waals surface area (Å²) in [4.78, 5) is 25.2. The normalized spacial score (nSPS) is 11.1. The molecule has 3 rings (SSSR count). The summed E-state index contributed by atoms with van der Waals surface area (Å²) in [6.07, 6.45) is 1.76. The number of anilines is 1. The summed E-state index contributed by atoms with van der Waals surface area (Å²) in [6.45, 7) is 5.79. The number of benzene rings is 1. The predicted molar refractivity (Wildman–Crippen MR) is 104 cm³/mol. The van der Waals surface area contributed by atoms with Gasteiger partial charge in [-0.3, -0.25) is 0 Å². The van der Waals surface area contributed by atoms with Crippen LogP contribution in [-0.2, 0) is 12.8 Å². The monoisotopic (exact) mass is 370 g/mol. The number of hydrogen-bond acceptors (Lipinski definition) is 5. The number of imidazole rings is 1. The molecule has 0 saturated heterocycles. The van der Waals surface area contributed by atoms with E-state index in [0.29, 0.717) is 5.75 Å². The molecule has 2 amide bonds. The molecule has 0 aliphatic carbocycles. The first-order valence-corrected chi connectivity index (χ1v) is 9.36. The highest BCUT2D eigenvalue weighted by molar-refractivity contribution is 7.98. The molecule has 0 saturated carbocycles. The minimum Gasteiger partial charge on any atom is -0.336 e. The van der Waals surface area contributed by atoms with Gasteiger partial charge in [0.15, 0.2) is 5.16 Å². The number of carbonyl (C=O) groups excluding carboxylic acids is 1. The molecule has 1 aromatic carbocycles. The minimum absolute atomic E-state index is 0.0843. The van der Waals surface area contributed by atoms with Crippen LogP contribution in [0.5, 0.6) is 0 Å². The molecule has 136 valence electrons. The van der Waals surface area contributed by atoms with Gasteiger partial charge in [0.25, 0.3) is 0 Å². The second-order valence-corrected chi connectivity index (χ2v) is 7.26. The van der Waals surface area contributed by atoms with Crippen molar-refractivity contribution in [1.82, 2.24) is 24.8 Å². The Hall–Kier alpha value is -2.61. The quantitative estimate of drug-likeness (QED) is 0.530. The number of aromatic nitrogens is 4. The number of fused-ring (bicyclic) bond motifs is 1. The Morgan fingerprint density at radius 1 is 1.27 bits per heavy atom. The number of urea groups is 1. The fraction of sp³-hybridized carbons (Fsp3) is 0.333. The lowest BCUT2D eigenvalue weighted by molar-refractivity contribution is 0.250. The first kappa shape index (κ1) is 18.2. The summed E-state index contributed by atoms with van der Waals surface area (Å²) < 4.78 is 2.05. The molecule has 0 radical (unpaired) electrons. The van der Waals surface area contributed by atoms with Gasteiger partial charge in [-0.05, 0) is 45.0 Å². The number of hydrogen-bond donors (Lipinski definition) is 2. The van der Waals surface area contributed by atoms with E-state index in [9.17, 15) is 4.79 Å². The zero-order chi connectivity index (χ0) is 18.7. The van der Waals surface area contributed by atoms with Crippen LogP contribution in [0.3, 0.4) is 0 Å². The number of nitrogens with one attached hydrogen (secondary N) is 2. The Morgan fingerprint density at radius 3 is 2.81 bits per heavy atom. The van der Waals surface area contributed by atoms with E-state index in [1.165, 1.54) is 0 Å². The number of rotatable bonds is 5. The van der Waals surface area contributed by atoms with Gasteiger partial charge in [-0.1, -0.05) is 11.8 Å². The van der Waals surface area contributed by atoms with Gasteiger partial charge in [0.2, 0.25) is 0 Å². The molecule has 2 heterocycles. The number of nitrogens with zero attached hydrogens (tertiary/aromatic N) is 4. The maximum atomic E-state index is 11.9. The molecular weight excluding hydrogens is 348 g/mol. The second-order valence-electron chi connectivity index (χ2n) is 6.31. The molecule has 2 aromatic heterocycles. The van der Waals surface area contributed by atoms with Crippen molar-refractivity contribution in [1.29, 1.82) is 0 Å². The molecule has 7 nitrogen and oxygen atoms in total. The standard InChI is InChI=1S/C18H22N6OS/c1-11(2)20-17(25)22-13-5-6-15-14(9-13)23-16(24(15)4)10-26-18-19-8-7-12(3)21-18/h5-9,11H,10H2,1-4H3,(H2,20,22,25). The van der Waals surface area contributed by atoms with E-state index in [-0.39, 0.29) is 12.1 Å². The number of amides is 2. The number of thioether (sulfide) groups is 1. The molecule has 26 heavy (non-hydrogen) atoms. The average molecular weight is 370 g/mol. The Kier molecular flexibility index (Phi) is 5.41. The van der Waals surface area contributed by atoms with Crippen LogP contribution in [0.1, 0.15) is 25.4 Å². The van der Waals surface area contributed by atoms with E-state index in [0.717, 1.165) is 33.4 Å². The molecule has 0 aliphatic heterocycles. The Bertz CT molecular complexity index is 937. The fourth-order valence-electron chi connectivity index (χ4n) is 2.51. The van der Waals surface area contributed by atoms with Crippen molar-refractivity contribution in [2.75, 3.05) is 5.32 Å². The summed E-state index contributed by atoms with van der Waals surface area (Å²) in [5, 5.41) is 6.38. The van der Waals surface area contributed by atoms with Crippen LogP contribution in [0.15, 0.2) is 35.6 Å². The van der Waals surface area contributed by atoms with Gasteiger partial charge < -0.3 is 15.2 Å². The summed E-state index contributed by atoms with van der Waals surface area (Å²) in [7, 11) is 1.99. The molecule has 0 bridgehead atoms. The summed E-state index contributed by atoms with van der Waals surface area (Å²) in [6, 6.07) is 7.47. The van der Waals surface area contributed by atoms with E-state index in [2.05, 4.69) is 25.2 Å². The lowest BCUT2D eigenvalue weighted by atomic mass is 10.2. The second kappa shape index (κ2) is 7.74. The molecular formula is C18H22N6OS. The van der Waals surface area contributed by atoms with Crippen LogP contribution in [0.2, 0.25) is 0 Å². The van der Waals surface area contributed by atoms with Crippen LogP contribution in [-0.4, -0.2) is 31.6 Å². The highest BCUT2D eigenvalue weighted by Crippen LogP contribution is 2.24. The third-order valence-corrected chi connectivity index (χ3v) is 4.61. The smallest absolute Gasteiger partial charge is 0.319 e. The maximum absolute atomic E-state index is 11.9. The van der Waals surface area contributed by atoms with Crippen molar-refractivity contribution in [2.24, 2.45) is 7.05 Å². The van der Waals surface area contributed by atoms with Crippen LogP contribution in [0, 0.1) is 6.92 Å². The molecule has 0 fully saturated rings. The SMILES string of the molecule is Cc1ccnc(SCc2nc3cc(NC(=O)NC(C)C)ccc3n2C)n1. The number of carbonyl (C=O) groups is 1. The largest absolute Gasteiger partial charge is 0.336 e. The molecule has 0 aliphatic rings. The van der Waals surface area contributed by atoms with E-state index < -0.39 is 0 Å². The predicted octanol–water partition coefficient (Wildman–Crippen LogP) is 3.49. The van der Waals surface area contributed by atoms with Gasteiger partial charge >= 0.3 is 6.03 Å². The Labute approximate surface area is 156 Å². The topological polar surface area (TPSA) is 84.7 Å². The van der Waals surface area contributed by atoms with Gasteiger partial charge in [-0.2, -0.15) is 0 Å². The van der Waals surface area contributed by atoms with E-state index in [4.69, 9.17) is 4.98 Å². The molecule has 0 atom stereocenters. The van der Waals surface area contributed by atoms with Crippen LogP contribution < -0.4 is 10.6 Å². The maximum Gasteiger partial charge on any atom is 0.319 e. The molecule has 0 spiro atoms. The van der Waals surface area contributed by atoms with Crippen LogP contribution >= 0.6 is 11.8 Å². The van der Waals surface area contributed by atoms with Crippen molar-refractivity contribution < 1.29 is 4.79 Å². The lowest BCUT2D eigenvalue weighted by Gasteiger charge is -2.10. The molecule has 2 N–H and O–H groups in total. The van der Waals surface area contributed by atoms with Crippen molar-refractivity contribution >= 4 is 34.5 Å². The van der Waals surface area contributed by atoms with E-state index in [1.54, 1.807) is 18.0 Å². The summed E-state index contributed by atoms with van der Waals surface area (Å²) in [5.74, 6) is 1.60. The highest BCUT2D eigenvalue weighted by atomic mass is 32.2. The van der Waals surface area contributed by atoms with Crippen molar-refractivity contribution in [3.05, 3.63) is 42.0 Å². The van der Waals surface area contributed by atoms with E-state index >= 15 is 0 Å². The van der Waals surface area contributed by atoms with Crippen molar-refractivity contribution in [3.8, 4) is 0 Å². The van der Waals surface area contributed by atoms with Crippen molar-refractivity contribution in [3.63, 3.8) is 0 Å². The third kappa shape index (κ3) is 4.32. The zero-order valence-corrected chi connectivity index (χ0v) is 16.1. The minimum atomic E-state index is -0.220. The van der Waals surface area contributed by atoms with Gasteiger partial charge in [-0.25, -0.2) is 19.7 Å². The molecule has 3 aromatic rings. The summed E-state index contributed by atoms with van der Waals surface area (Å²) in [5.41, 5.74) is 3.52. The Morgan fingerprint density at radius 2 is 2.08 bits per heavy atom. The first-order chi connectivity index (χ1) is 12.4. The van der Waals surface area contributed by atoms with Crippen LogP contribution in [0.4, 0.5) is 10.5 Å². The van der Waals surface area contributed by atoms with Crippen molar-refractivity contribution in [2.45, 2.75) is 37.7 Å². The molecule has 0 unspecified atom stereocenters. The average Bonchev–Trinajstić information content (AvgIpc) is 2.88. The first-order valence-electron chi connectivity index (χ1n) is 8.37. The lowest BCUT2D eigenvalue weighted by Crippen LogP contribution is -2.34. The van der Waals surface area contributed by atoms with Gasteiger partial charge in [-0.15, -0.1) is 0 Å². The third-order valence-electron chi connectivity index (χ3n) is 3.75. The molecule has 8 heteroatoms. The summed E-state index contributed by atoms with van der Waals surface area (Å²) >= 11 is 1.55. The van der Waals surface area contributed by atoms with Gasteiger partial charge in [0.1, 0.15) is 5.82 Å². The van der Waals surface area contributed by atoms with E-state index in [1.807, 2.05) is 52.1 Å². The van der Waals surface area contributed by atoms with Gasteiger partial charge in [0, 0.05) is 30.7 Å². The Balaban J connectivity index is 1.75. The highest BCUT2D eigenvalue weighted by Gasteiger charge is 2.11. The zero-order valence-electron chi connectivity index (χ0n) is 15.3.